The van der Waals surface area contributed by atoms with Gasteiger partial charge >= 0.3 is 11.9 Å². The summed E-state index contributed by atoms with van der Waals surface area (Å²) in [5.41, 5.74) is 0.722. The Hall–Kier alpha value is -4.03. The van der Waals surface area contributed by atoms with Crippen molar-refractivity contribution in [1.29, 1.82) is 0 Å². The fourth-order valence-electron chi connectivity index (χ4n) is 3.56. The number of H-pyrrole nitrogens is 1. The van der Waals surface area contributed by atoms with Crippen molar-refractivity contribution in [3.8, 4) is 11.5 Å². The second-order valence-electron chi connectivity index (χ2n) is 8.03. The number of methoxy groups -OCH3 is 1. The first kappa shape index (κ1) is 28.5. The molecule has 2 heterocycles. The number of nitrogens with zero attached hydrogens (tertiary/aromatic N) is 1. The highest BCUT2D eigenvalue weighted by Gasteiger charge is 2.22. The summed E-state index contributed by atoms with van der Waals surface area (Å²) < 4.78 is 11.3. The summed E-state index contributed by atoms with van der Waals surface area (Å²) in [6.07, 6.45) is 2.81. The standard InChI is InChI=1S/C24H24Cl2N4O8/c1-37-17-6-5-12-15(29-22-13(25)10-27-11-14(22)26)8-19(32)30-21(12)23(17)38-7-3-2-4-18(31)28-16(24(35)36)9-20(33)34/h5-6,8,10-11,16H,2-4,7,9H2,1H3,(H,28,31)(H,33,34)(H,35,36)(H2,27,29,30,32). The molecule has 1 aromatic carbocycles. The zero-order valence-electron chi connectivity index (χ0n) is 20.0. The molecule has 0 saturated carbocycles. The number of benzene rings is 1. The van der Waals surface area contributed by atoms with Gasteiger partial charge in [0.05, 0.1) is 47.1 Å². The van der Waals surface area contributed by atoms with E-state index in [9.17, 15) is 19.2 Å². The Morgan fingerprint density at radius 1 is 1.13 bits per heavy atom. The number of unbranched alkanes of at least 4 members (excludes halogenated alkanes) is 1. The Morgan fingerprint density at radius 2 is 1.84 bits per heavy atom. The van der Waals surface area contributed by atoms with Gasteiger partial charge in [-0.3, -0.25) is 19.4 Å². The second kappa shape index (κ2) is 13.0. The molecule has 3 aromatic rings. The molecule has 0 radical (unpaired) electrons. The highest BCUT2D eigenvalue weighted by atomic mass is 35.5. The third-order valence-corrected chi connectivity index (χ3v) is 5.90. The maximum atomic E-state index is 12.5. The van der Waals surface area contributed by atoms with Crippen LogP contribution in [-0.4, -0.2) is 57.8 Å². The first-order valence-corrected chi connectivity index (χ1v) is 12.0. The fraction of sp³-hybridized carbons (Fsp3) is 0.292. The number of nitrogens with one attached hydrogen (secondary N) is 3. The van der Waals surface area contributed by atoms with E-state index in [1.165, 1.54) is 25.6 Å². The highest BCUT2D eigenvalue weighted by Crippen LogP contribution is 2.39. The lowest BCUT2D eigenvalue weighted by Gasteiger charge is -2.16. The van der Waals surface area contributed by atoms with Crippen molar-refractivity contribution >= 4 is 63.3 Å². The summed E-state index contributed by atoms with van der Waals surface area (Å²) in [5, 5.41) is 24.2. The summed E-state index contributed by atoms with van der Waals surface area (Å²) in [7, 11) is 1.45. The van der Waals surface area contributed by atoms with Crippen molar-refractivity contribution in [1.82, 2.24) is 15.3 Å². The third kappa shape index (κ3) is 7.26. The number of hydrogen-bond donors (Lipinski definition) is 5. The molecule has 3 rings (SSSR count). The number of ether oxygens (including phenoxy) is 2. The summed E-state index contributed by atoms with van der Waals surface area (Å²) in [4.78, 5) is 53.0. The molecule has 0 aliphatic rings. The van der Waals surface area contributed by atoms with E-state index < -0.39 is 35.9 Å². The van der Waals surface area contributed by atoms with E-state index in [1.807, 2.05) is 0 Å². The zero-order valence-corrected chi connectivity index (χ0v) is 21.6. The number of carbonyl (C=O) groups is 3. The number of halogens is 2. The lowest BCUT2D eigenvalue weighted by atomic mass is 10.1. The van der Waals surface area contributed by atoms with Gasteiger partial charge in [-0.05, 0) is 25.0 Å². The molecule has 5 N–H and O–H groups in total. The molecular formula is C24H24Cl2N4O8. The van der Waals surface area contributed by atoms with Crippen LogP contribution < -0.4 is 25.7 Å². The molecule has 38 heavy (non-hydrogen) atoms. The van der Waals surface area contributed by atoms with Crippen LogP contribution in [0.25, 0.3) is 10.9 Å². The van der Waals surface area contributed by atoms with Gasteiger partial charge in [0.15, 0.2) is 11.5 Å². The minimum atomic E-state index is -1.51. The lowest BCUT2D eigenvalue weighted by molar-refractivity contribution is -0.147. The first-order chi connectivity index (χ1) is 18.1. The van der Waals surface area contributed by atoms with E-state index in [4.69, 9.17) is 42.9 Å². The Kier molecular flexibility index (Phi) is 9.74. The monoisotopic (exact) mass is 566 g/mol. The van der Waals surface area contributed by atoms with Crippen LogP contribution in [0.3, 0.4) is 0 Å². The van der Waals surface area contributed by atoms with E-state index in [-0.39, 0.29) is 28.8 Å². The number of fused-ring (bicyclic) bond motifs is 1. The Morgan fingerprint density at radius 3 is 2.47 bits per heavy atom. The van der Waals surface area contributed by atoms with Crippen molar-refractivity contribution < 1.29 is 34.1 Å². The van der Waals surface area contributed by atoms with Crippen LogP contribution in [0.4, 0.5) is 11.4 Å². The van der Waals surface area contributed by atoms with E-state index in [1.54, 1.807) is 12.1 Å². The molecule has 0 bridgehead atoms. The van der Waals surface area contributed by atoms with Gasteiger partial charge in [0, 0.05) is 30.3 Å². The topological polar surface area (TPSA) is 180 Å². The molecule has 202 valence electrons. The Labute approximate surface area is 225 Å². The van der Waals surface area contributed by atoms with Crippen LogP contribution in [0.2, 0.25) is 10.0 Å². The van der Waals surface area contributed by atoms with Gasteiger partial charge in [-0.1, -0.05) is 23.2 Å². The average Bonchev–Trinajstić information content (AvgIpc) is 2.85. The number of rotatable bonds is 13. The van der Waals surface area contributed by atoms with Gasteiger partial charge in [-0.25, -0.2) is 4.79 Å². The van der Waals surface area contributed by atoms with Crippen LogP contribution in [0, 0.1) is 0 Å². The number of carboxylic acids is 2. The molecule has 12 nitrogen and oxygen atoms in total. The van der Waals surface area contributed by atoms with Gasteiger partial charge in [0.1, 0.15) is 6.04 Å². The number of aliphatic carboxylic acids is 2. The van der Waals surface area contributed by atoms with E-state index in [0.29, 0.717) is 40.9 Å². The molecule has 1 atom stereocenters. The van der Waals surface area contributed by atoms with Crippen molar-refractivity contribution in [2.75, 3.05) is 19.0 Å². The van der Waals surface area contributed by atoms with E-state index in [0.717, 1.165) is 0 Å². The van der Waals surface area contributed by atoms with Gasteiger partial charge in [-0.15, -0.1) is 0 Å². The number of carboxylic acid groups (broad SMARTS) is 2. The smallest absolute Gasteiger partial charge is 0.326 e. The SMILES string of the molecule is COc1ccc2c(Nc3c(Cl)cncc3Cl)cc(=O)[nH]c2c1OCCCCC(=O)NC(CC(=O)O)C(=O)O. The lowest BCUT2D eigenvalue weighted by Crippen LogP contribution is -2.42. The normalized spacial score (nSPS) is 11.6. The molecule has 0 spiro atoms. The molecular weight excluding hydrogens is 543 g/mol. The fourth-order valence-corrected chi connectivity index (χ4v) is 4.02. The van der Waals surface area contributed by atoms with E-state index >= 15 is 0 Å². The number of amides is 1. The summed E-state index contributed by atoms with van der Waals surface area (Å²) in [6, 6.07) is 3.23. The minimum Gasteiger partial charge on any atom is -0.493 e. The van der Waals surface area contributed by atoms with Crippen molar-refractivity contribution in [2.24, 2.45) is 0 Å². The first-order valence-electron chi connectivity index (χ1n) is 11.3. The maximum absolute atomic E-state index is 12.5. The van der Waals surface area contributed by atoms with Crippen molar-refractivity contribution in [2.45, 2.75) is 31.7 Å². The van der Waals surface area contributed by atoms with Crippen LogP contribution in [-0.2, 0) is 14.4 Å². The molecule has 2 aromatic heterocycles. The van der Waals surface area contributed by atoms with Gasteiger partial charge < -0.3 is 35.3 Å². The van der Waals surface area contributed by atoms with Crippen LogP contribution in [0.15, 0.2) is 35.4 Å². The molecule has 1 amide bonds. The summed E-state index contributed by atoms with van der Waals surface area (Å²) >= 11 is 12.4. The predicted molar refractivity (Wildman–Crippen MR) is 140 cm³/mol. The van der Waals surface area contributed by atoms with Gasteiger partial charge in [-0.2, -0.15) is 0 Å². The predicted octanol–water partition coefficient (Wildman–Crippen LogP) is 3.58. The maximum Gasteiger partial charge on any atom is 0.326 e. The third-order valence-electron chi connectivity index (χ3n) is 5.33. The molecule has 0 aliphatic heterocycles. The zero-order chi connectivity index (χ0) is 27.8. The number of hydrogen-bond acceptors (Lipinski definition) is 8. The highest BCUT2D eigenvalue weighted by molar-refractivity contribution is 6.39. The molecule has 14 heteroatoms. The van der Waals surface area contributed by atoms with Crippen LogP contribution in [0.5, 0.6) is 11.5 Å². The molecule has 0 aliphatic carbocycles. The van der Waals surface area contributed by atoms with Gasteiger partial charge in [0.2, 0.25) is 5.91 Å². The number of carbonyl (C=O) groups excluding carboxylic acids is 1. The molecule has 0 saturated heterocycles. The summed E-state index contributed by atoms with van der Waals surface area (Å²) in [6.45, 7) is 0.141. The number of pyridine rings is 2. The molecule has 0 fully saturated rings. The Bertz CT molecular complexity index is 1390. The average molecular weight is 567 g/mol. The quantitative estimate of drug-likeness (QED) is 0.192. The number of aromatic nitrogens is 2. The molecule has 1 unspecified atom stereocenters. The van der Waals surface area contributed by atoms with Gasteiger partial charge in [0.25, 0.3) is 5.56 Å². The summed E-state index contributed by atoms with van der Waals surface area (Å²) in [5.74, 6) is -2.72. The van der Waals surface area contributed by atoms with Crippen molar-refractivity contribution in [3.05, 3.63) is 51.0 Å². The van der Waals surface area contributed by atoms with Crippen LogP contribution in [0.1, 0.15) is 25.7 Å². The largest absolute Gasteiger partial charge is 0.493 e. The second-order valence-corrected chi connectivity index (χ2v) is 8.85. The number of anilines is 2. The number of aromatic amines is 1. The van der Waals surface area contributed by atoms with E-state index in [2.05, 4.69) is 20.6 Å². The Balaban J connectivity index is 1.72. The minimum absolute atomic E-state index is 0.0300. The van der Waals surface area contributed by atoms with Crippen LogP contribution >= 0.6 is 23.2 Å². The van der Waals surface area contributed by atoms with Crippen molar-refractivity contribution in [3.63, 3.8) is 0 Å².